The smallest absolute Gasteiger partial charge is 0.00934 e. The zero-order chi connectivity index (χ0) is 8.36. The molecule has 0 N–H and O–H groups in total. The van der Waals surface area contributed by atoms with Gasteiger partial charge >= 0.3 is 0 Å². The molecule has 0 atom stereocenters. The van der Waals surface area contributed by atoms with E-state index in [0.717, 1.165) is 5.75 Å². The van der Waals surface area contributed by atoms with Gasteiger partial charge in [-0.05, 0) is 22.9 Å². The lowest BCUT2D eigenvalue weighted by molar-refractivity contribution is 0.780. The minimum atomic E-state index is 1.05. The van der Waals surface area contributed by atoms with Crippen molar-refractivity contribution in [2.24, 2.45) is 0 Å². The highest BCUT2D eigenvalue weighted by Crippen LogP contribution is 1.93. The van der Waals surface area contributed by atoms with Crippen molar-refractivity contribution in [3.05, 3.63) is 22.9 Å². The summed E-state index contributed by atoms with van der Waals surface area (Å²) in [6.07, 6.45) is 3.92. The molecule has 0 bridgehead atoms. The zero-order valence-electron chi connectivity index (χ0n) is 6.99. The second kappa shape index (κ2) is 10.0. The number of thiol groups is 1. The number of rotatable bonds is 3. The van der Waals surface area contributed by atoms with Crippen LogP contribution in [-0.4, -0.2) is 5.75 Å². The van der Waals surface area contributed by atoms with Gasteiger partial charge in [0.15, 0.2) is 0 Å². The van der Waals surface area contributed by atoms with E-state index in [0.29, 0.717) is 0 Å². The molecule has 64 valence electrons. The van der Waals surface area contributed by atoms with Crippen LogP contribution < -0.4 is 0 Å². The van der Waals surface area contributed by atoms with Crippen molar-refractivity contribution in [1.29, 1.82) is 0 Å². The fourth-order valence-corrected chi connectivity index (χ4v) is 1.27. The van der Waals surface area contributed by atoms with Crippen molar-refractivity contribution in [1.82, 2.24) is 0 Å². The molecule has 0 aromatic carbocycles. The first-order valence-electron chi connectivity index (χ1n) is 3.99. The topological polar surface area (TPSA) is 0 Å². The zero-order valence-corrected chi connectivity index (χ0v) is 8.70. The Balaban J connectivity index is 0.000000183. The Labute approximate surface area is 79.1 Å². The monoisotopic (exact) mass is 188 g/mol. The summed E-state index contributed by atoms with van der Waals surface area (Å²) in [5, 5.41) is 4.08. The minimum absolute atomic E-state index is 1.05. The Morgan fingerprint density at radius 1 is 1.18 bits per heavy atom. The predicted octanol–water partition coefficient (Wildman–Crippen LogP) is 3.85. The standard InChI is InChI=1S/C5H12S.C4H4S/c1-2-3-4-5-6;1-2-4-5-3-1/h6H,2-5H2,1H3;1-4H. The minimum Gasteiger partial charge on any atom is -0.179 e. The third-order valence-electron chi connectivity index (χ3n) is 1.19. The highest BCUT2D eigenvalue weighted by molar-refractivity contribution is 7.80. The van der Waals surface area contributed by atoms with Crippen LogP contribution in [0.1, 0.15) is 26.2 Å². The lowest BCUT2D eigenvalue weighted by atomic mass is 10.3. The van der Waals surface area contributed by atoms with Gasteiger partial charge in [-0.15, -0.1) is 0 Å². The SMILES string of the molecule is CCCCCS.c1ccsc1. The van der Waals surface area contributed by atoms with Gasteiger partial charge in [0.25, 0.3) is 0 Å². The van der Waals surface area contributed by atoms with Crippen molar-refractivity contribution >= 4 is 24.0 Å². The quantitative estimate of drug-likeness (QED) is 0.540. The van der Waals surface area contributed by atoms with Crippen LogP contribution in [0, 0.1) is 0 Å². The molecule has 0 nitrogen and oxygen atoms in total. The Hall–Kier alpha value is 0.0500. The van der Waals surface area contributed by atoms with Crippen LogP contribution in [0.25, 0.3) is 0 Å². The van der Waals surface area contributed by atoms with Gasteiger partial charge in [0.2, 0.25) is 0 Å². The lowest BCUT2D eigenvalue weighted by Gasteiger charge is -1.85. The van der Waals surface area contributed by atoms with E-state index in [2.05, 4.69) is 19.6 Å². The Morgan fingerprint density at radius 3 is 2.00 bits per heavy atom. The largest absolute Gasteiger partial charge is 0.179 e. The Bertz CT molecular complexity index is 103. The van der Waals surface area contributed by atoms with Gasteiger partial charge in [0, 0.05) is 0 Å². The highest BCUT2D eigenvalue weighted by atomic mass is 32.1. The summed E-state index contributed by atoms with van der Waals surface area (Å²) >= 11 is 5.77. The second-order valence-electron chi connectivity index (χ2n) is 2.22. The van der Waals surface area contributed by atoms with Gasteiger partial charge in [-0.3, -0.25) is 0 Å². The van der Waals surface area contributed by atoms with Gasteiger partial charge < -0.3 is 0 Å². The molecule has 0 aliphatic rings. The van der Waals surface area contributed by atoms with E-state index in [9.17, 15) is 0 Å². The molecular formula is C9H16S2. The molecule has 0 amide bonds. The highest BCUT2D eigenvalue weighted by Gasteiger charge is 1.75. The van der Waals surface area contributed by atoms with Gasteiger partial charge in [0.1, 0.15) is 0 Å². The fourth-order valence-electron chi connectivity index (χ4n) is 0.589. The van der Waals surface area contributed by atoms with E-state index in [-0.39, 0.29) is 0 Å². The van der Waals surface area contributed by atoms with Gasteiger partial charge in [-0.25, -0.2) is 0 Å². The number of unbranched alkanes of at least 4 members (excludes halogenated alkanes) is 2. The maximum atomic E-state index is 4.05. The van der Waals surface area contributed by atoms with Crippen molar-refractivity contribution in [3.63, 3.8) is 0 Å². The molecular weight excluding hydrogens is 172 g/mol. The molecule has 11 heavy (non-hydrogen) atoms. The summed E-state index contributed by atoms with van der Waals surface area (Å²) < 4.78 is 0. The molecule has 1 aromatic heterocycles. The van der Waals surface area contributed by atoms with Crippen LogP contribution in [0.5, 0.6) is 0 Å². The fraction of sp³-hybridized carbons (Fsp3) is 0.556. The lowest BCUT2D eigenvalue weighted by Crippen LogP contribution is -1.70. The molecule has 0 aliphatic carbocycles. The molecule has 0 saturated carbocycles. The molecule has 0 spiro atoms. The van der Waals surface area contributed by atoms with Crippen LogP contribution in [0.4, 0.5) is 0 Å². The molecule has 1 aromatic rings. The van der Waals surface area contributed by atoms with Crippen LogP contribution in [0.2, 0.25) is 0 Å². The summed E-state index contributed by atoms with van der Waals surface area (Å²) in [4.78, 5) is 0. The summed E-state index contributed by atoms with van der Waals surface area (Å²) in [6, 6.07) is 4.04. The van der Waals surface area contributed by atoms with Crippen LogP contribution in [0.3, 0.4) is 0 Å². The molecule has 1 rings (SSSR count). The molecule has 0 saturated heterocycles. The van der Waals surface area contributed by atoms with E-state index in [1.54, 1.807) is 11.3 Å². The first-order valence-corrected chi connectivity index (χ1v) is 5.57. The maximum Gasteiger partial charge on any atom is -0.00934 e. The summed E-state index contributed by atoms with van der Waals surface area (Å²) in [7, 11) is 0. The van der Waals surface area contributed by atoms with Crippen molar-refractivity contribution < 1.29 is 0 Å². The molecule has 0 fully saturated rings. The molecule has 0 aliphatic heterocycles. The first kappa shape index (κ1) is 11.1. The Morgan fingerprint density at radius 2 is 1.82 bits per heavy atom. The summed E-state index contributed by atoms with van der Waals surface area (Å²) in [5.74, 6) is 1.05. The number of hydrogen-bond donors (Lipinski definition) is 1. The summed E-state index contributed by atoms with van der Waals surface area (Å²) in [5.41, 5.74) is 0. The predicted molar refractivity (Wildman–Crippen MR) is 57.7 cm³/mol. The van der Waals surface area contributed by atoms with Crippen LogP contribution in [-0.2, 0) is 0 Å². The third-order valence-corrected chi connectivity index (χ3v) is 2.13. The van der Waals surface area contributed by atoms with Crippen LogP contribution in [0.15, 0.2) is 22.9 Å². The average Bonchev–Trinajstić information content (AvgIpc) is 2.57. The first-order chi connectivity index (χ1) is 5.41. The number of hydrogen-bond acceptors (Lipinski definition) is 2. The average molecular weight is 188 g/mol. The van der Waals surface area contributed by atoms with Gasteiger partial charge in [0.05, 0.1) is 0 Å². The van der Waals surface area contributed by atoms with Gasteiger partial charge in [-0.2, -0.15) is 24.0 Å². The molecule has 2 heteroatoms. The van der Waals surface area contributed by atoms with E-state index in [1.165, 1.54) is 19.3 Å². The number of thiophene rings is 1. The van der Waals surface area contributed by atoms with Crippen molar-refractivity contribution in [2.75, 3.05) is 5.75 Å². The normalized spacial score (nSPS) is 8.55. The third kappa shape index (κ3) is 10.1. The van der Waals surface area contributed by atoms with Crippen molar-refractivity contribution in [3.8, 4) is 0 Å². The molecule has 1 heterocycles. The molecule has 0 unspecified atom stereocenters. The second-order valence-corrected chi connectivity index (χ2v) is 3.49. The molecule has 0 radical (unpaired) electrons. The van der Waals surface area contributed by atoms with E-state index < -0.39 is 0 Å². The van der Waals surface area contributed by atoms with E-state index in [1.807, 2.05) is 22.9 Å². The Kier molecular flexibility index (Phi) is 10.1. The van der Waals surface area contributed by atoms with E-state index in [4.69, 9.17) is 0 Å². The van der Waals surface area contributed by atoms with E-state index >= 15 is 0 Å². The van der Waals surface area contributed by atoms with Crippen molar-refractivity contribution in [2.45, 2.75) is 26.2 Å². The van der Waals surface area contributed by atoms with Crippen LogP contribution >= 0.6 is 24.0 Å². The summed E-state index contributed by atoms with van der Waals surface area (Å²) in [6.45, 7) is 2.20. The van der Waals surface area contributed by atoms with Gasteiger partial charge in [-0.1, -0.05) is 31.9 Å². The maximum absolute atomic E-state index is 4.05.